The second-order valence-electron chi connectivity index (χ2n) is 16.6. The number of hydrogen-bond acceptors (Lipinski definition) is 3. The molecule has 4 saturated carbocycles. The number of hydrogen-bond donors (Lipinski definition) is 0. The Morgan fingerprint density at radius 1 is 0.750 bits per heavy atom. The minimum atomic E-state index is -0.0707. The van der Waals surface area contributed by atoms with Crippen LogP contribution in [-0.2, 0) is 0 Å². The lowest BCUT2D eigenvalue weighted by Gasteiger charge is -2.61. The van der Waals surface area contributed by atoms with Crippen LogP contribution in [0.3, 0.4) is 0 Å². The van der Waals surface area contributed by atoms with Crippen molar-refractivity contribution in [2.75, 3.05) is 0 Å². The minimum absolute atomic E-state index is 0.0651. The fourth-order valence-electron chi connectivity index (χ4n) is 11.7. The van der Waals surface area contributed by atoms with E-state index in [-0.39, 0.29) is 17.7 Å². The van der Waals surface area contributed by atoms with Gasteiger partial charge in [-0.2, -0.15) is 0 Å². The third kappa shape index (κ3) is 4.91. The summed E-state index contributed by atoms with van der Waals surface area (Å²) in [6.45, 7) is 12.7. The highest BCUT2D eigenvalue weighted by Gasteiger charge is 2.60. The molecule has 5 aliphatic carbocycles. The van der Waals surface area contributed by atoms with E-state index in [1.165, 1.54) is 64.2 Å². The predicted molar refractivity (Wildman–Crippen MR) is 177 cm³/mol. The number of ketones is 2. The minimum Gasteiger partial charge on any atom is -0.490 e. The molecule has 3 nitrogen and oxygen atoms in total. The number of benzene rings is 2. The first kappa shape index (κ1) is 30.2. The molecule has 7 rings (SSSR count). The zero-order chi connectivity index (χ0) is 30.8. The zero-order valence-corrected chi connectivity index (χ0v) is 27.9. The Kier molecular flexibility index (Phi) is 7.86. The average Bonchev–Trinajstić information content (AvgIpc) is 3.37. The van der Waals surface area contributed by atoms with Crippen LogP contribution in [0.4, 0.5) is 0 Å². The topological polar surface area (TPSA) is 43.4 Å². The second kappa shape index (κ2) is 11.4. The lowest BCUT2D eigenvalue weighted by atomic mass is 9.44. The Bertz CT molecular complexity index is 1420. The van der Waals surface area contributed by atoms with E-state index in [0.717, 1.165) is 54.1 Å². The van der Waals surface area contributed by atoms with Gasteiger partial charge in [0.1, 0.15) is 5.75 Å². The first-order chi connectivity index (χ1) is 21.1. The molecule has 0 aliphatic heterocycles. The quantitative estimate of drug-likeness (QED) is 0.273. The molecule has 236 valence electrons. The first-order valence-electron chi connectivity index (χ1n) is 18.1. The number of rotatable bonds is 7. The molecule has 0 heterocycles. The zero-order valence-electron chi connectivity index (χ0n) is 27.9. The van der Waals surface area contributed by atoms with Gasteiger partial charge in [0.25, 0.3) is 0 Å². The van der Waals surface area contributed by atoms with Gasteiger partial charge in [0.2, 0.25) is 0 Å². The van der Waals surface area contributed by atoms with E-state index in [9.17, 15) is 9.59 Å². The van der Waals surface area contributed by atoms with E-state index in [4.69, 9.17) is 4.74 Å². The van der Waals surface area contributed by atoms with Crippen LogP contribution in [-0.4, -0.2) is 17.7 Å². The van der Waals surface area contributed by atoms with E-state index in [1.54, 1.807) is 18.2 Å². The maximum Gasteiger partial charge on any atom is 0.194 e. The Balaban J connectivity index is 1.01. The van der Waals surface area contributed by atoms with Crippen molar-refractivity contribution in [3.8, 4) is 5.75 Å². The Hall–Kier alpha value is -2.42. The highest BCUT2D eigenvalue weighted by atomic mass is 16.5. The highest BCUT2D eigenvalue weighted by Crippen LogP contribution is 2.68. The Morgan fingerprint density at radius 2 is 1.43 bits per heavy atom. The van der Waals surface area contributed by atoms with Gasteiger partial charge in [-0.05, 0) is 128 Å². The molecule has 44 heavy (non-hydrogen) atoms. The Labute approximate surface area is 265 Å². The predicted octanol–water partition coefficient (Wildman–Crippen LogP) is 10.3. The summed E-state index contributed by atoms with van der Waals surface area (Å²) in [5, 5.41) is 0. The normalized spacial score (nSPS) is 36.6. The van der Waals surface area contributed by atoms with Gasteiger partial charge in [-0.3, -0.25) is 9.59 Å². The fraction of sp³-hybridized carbons (Fsp3) is 0.659. The molecule has 0 radical (unpaired) electrons. The summed E-state index contributed by atoms with van der Waals surface area (Å²) in [6.07, 6.45) is 16.4. The van der Waals surface area contributed by atoms with E-state index in [1.807, 2.05) is 24.3 Å². The standard InChI is InChI=1S/C41H54O3/c1-25(2)9-8-10-26(3)35-17-18-36-33-15-13-27-23-29(19-21-40(27,4)37(33)20-22-41(35,36)5)44-28-14-16-32-34(24-28)39(43)31-12-7-6-11-30(31)38(32)42/h6-7,11-12,14,16,24-27,29,33,35-37H,8-10,13,15,17-23H2,1-5H3/t26-,27?,29+,33+,35-,36+,37+,40+,41-/m1/s1. The van der Waals surface area contributed by atoms with Crippen LogP contribution in [0.2, 0.25) is 0 Å². The van der Waals surface area contributed by atoms with Crippen molar-refractivity contribution in [3.63, 3.8) is 0 Å². The molecule has 4 fully saturated rings. The molecule has 3 heteroatoms. The molecule has 0 aromatic heterocycles. The van der Waals surface area contributed by atoms with Crippen molar-refractivity contribution in [2.24, 2.45) is 52.3 Å². The van der Waals surface area contributed by atoms with Crippen LogP contribution in [0.15, 0.2) is 42.5 Å². The van der Waals surface area contributed by atoms with Crippen molar-refractivity contribution in [3.05, 3.63) is 64.7 Å². The van der Waals surface area contributed by atoms with E-state index in [0.29, 0.717) is 39.0 Å². The molecule has 1 unspecified atom stereocenters. The number of carbonyl (C=O) groups excluding carboxylic acids is 2. The molecule has 0 amide bonds. The van der Waals surface area contributed by atoms with Crippen molar-refractivity contribution >= 4 is 11.6 Å². The first-order valence-corrected chi connectivity index (χ1v) is 18.1. The molecule has 0 saturated heterocycles. The largest absolute Gasteiger partial charge is 0.490 e. The van der Waals surface area contributed by atoms with Crippen LogP contribution >= 0.6 is 0 Å². The van der Waals surface area contributed by atoms with Crippen LogP contribution in [0.25, 0.3) is 0 Å². The summed E-state index contributed by atoms with van der Waals surface area (Å²) in [4.78, 5) is 26.4. The van der Waals surface area contributed by atoms with E-state index >= 15 is 0 Å². The molecule has 2 aromatic rings. The van der Waals surface area contributed by atoms with E-state index < -0.39 is 0 Å². The molecule has 9 atom stereocenters. The van der Waals surface area contributed by atoms with Gasteiger partial charge in [0, 0.05) is 22.3 Å². The third-order valence-electron chi connectivity index (χ3n) is 14.0. The molecule has 0 spiro atoms. The number of carbonyl (C=O) groups is 2. The van der Waals surface area contributed by atoms with Gasteiger partial charge < -0.3 is 4.74 Å². The van der Waals surface area contributed by atoms with Crippen LogP contribution in [0.1, 0.15) is 144 Å². The summed E-state index contributed by atoms with van der Waals surface area (Å²) in [6, 6.07) is 12.7. The molecule has 5 aliphatic rings. The summed E-state index contributed by atoms with van der Waals surface area (Å²) in [5.41, 5.74) is 2.97. The lowest BCUT2D eigenvalue weighted by Crippen LogP contribution is -2.54. The average molecular weight is 595 g/mol. The van der Waals surface area contributed by atoms with Gasteiger partial charge in [0.15, 0.2) is 11.6 Å². The maximum atomic E-state index is 13.3. The fourth-order valence-corrected chi connectivity index (χ4v) is 11.7. The van der Waals surface area contributed by atoms with Crippen molar-refractivity contribution in [1.82, 2.24) is 0 Å². The van der Waals surface area contributed by atoms with Crippen LogP contribution in [0.5, 0.6) is 5.75 Å². The van der Waals surface area contributed by atoms with Crippen LogP contribution < -0.4 is 4.74 Å². The molecular weight excluding hydrogens is 540 g/mol. The smallest absolute Gasteiger partial charge is 0.194 e. The van der Waals surface area contributed by atoms with Gasteiger partial charge in [-0.25, -0.2) is 0 Å². The van der Waals surface area contributed by atoms with Gasteiger partial charge >= 0.3 is 0 Å². The molecular formula is C41H54O3. The maximum absolute atomic E-state index is 13.3. The Morgan fingerprint density at radius 3 is 2.18 bits per heavy atom. The van der Waals surface area contributed by atoms with Gasteiger partial charge in [-0.1, -0.05) is 78.1 Å². The lowest BCUT2D eigenvalue weighted by molar-refractivity contribution is -0.126. The summed E-state index contributed by atoms with van der Waals surface area (Å²) in [7, 11) is 0. The van der Waals surface area contributed by atoms with E-state index in [2.05, 4.69) is 34.6 Å². The molecule has 2 aromatic carbocycles. The monoisotopic (exact) mass is 594 g/mol. The highest BCUT2D eigenvalue weighted by molar-refractivity contribution is 6.28. The summed E-state index contributed by atoms with van der Waals surface area (Å²) in [5.74, 6) is 6.62. The molecule has 0 bridgehead atoms. The third-order valence-corrected chi connectivity index (χ3v) is 14.0. The van der Waals surface area contributed by atoms with Crippen molar-refractivity contribution in [1.29, 1.82) is 0 Å². The number of ether oxygens (including phenoxy) is 1. The van der Waals surface area contributed by atoms with Crippen molar-refractivity contribution in [2.45, 2.75) is 118 Å². The number of fused-ring (bicyclic) bond motifs is 7. The SMILES string of the molecule is CC(C)CCC[C@@H](C)[C@H]1CC[C@H]2[C@@H]3CCC4C[C@@H](Oc5ccc6c(c5)C(=O)c5ccccc5C6=O)CC[C@]4(C)[C@H]3CC[C@]12C. The second-order valence-corrected chi connectivity index (χ2v) is 16.6. The molecule has 0 N–H and O–H groups in total. The van der Waals surface area contributed by atoms with Gasteiger partial charge in [0.05, 0.1) is 6.10 Å². The van der Waals surface area contributed by atoms with Crippen molar-refractivity contribution < 1.29 is 14.3 Å². The summed E-state index contributed by atoms with van der Waals surface area (Å²) < 4.78 is 6.63. The summed E-state index contributed by atoms with van der Waals surface area (Å²) >= 11 is 0. The van der Waals surface area contributed by atoms with Gasteiger partial charge in [-0.15, -0.1) is 0 Å². The van der Waals surface area contributed by atoms with Crippen LogP contribution in [0, 0.1) is 52.3 Å².